The first-order chi connectivity index (χ1) is 17.1. The molecule has 1 aliphatic heterocycles. The van der Waals surface area contributed by atoms with Crippen LogP contribution in [0.2, 0.25) is 0 Å². The highest BCUT2D eigenvalue weighted by atomic mass is 32.2. The van der Waals surface area contributed by atoms with Gasteiger partial charge in [-0.2, -0.15) is 0 Å². The van der Waals surface area contributed by atoms with Crippen LogP contribution in [0.1, 0.15) is 67.9 Å². The van der Waals surface area contributed by atoms with E-state index in [0.29, 0.717) is 30.6 Å². The molecule has 0 radical (unpaired) electrons. The van der Waals surface area contributed by atoms with Gasteiger partial charge in [0.25, 0.3) is 5.91 Å². The number of rotatable bonds is 9. The van der Waals surface area contributed by atoms with Gasteiger partial charge in [-0.05, 0) is 72.9 Å². The maximum atomic E-state index is 12.3. The number of sulfonamides is 1. The van der Waals surface area contributed by atoms with E-state index in [-0.39, 0.29) is 11.7 Å². The number of piperidine rings is 1. The smallest absolute Gasteiger partial charge is 0.250 e. The van der Waals surface area contributed by atoms with Crippen LogP contribution in [0, 0.1) is 5.92 Å². The maximum absolute atomic E-state index is 12.3. The molecule has 1 aromatic heterocycles. The summed E-state index contributed by atoms with van der Waals surface area (Å²) in [6, 6.07) is 12.8. The summed E-state index contributed by atoms with van der Waals surface area (Å²) >= 11 is 0. The van der Waals surface area contributed by atoms with Crippen LogP contribution >= 0.6 is 0 Å². The average Bonchev–Trinajstić information content (AvgIpc) is 3.31. The molecule has 0 spiro atoms. The van der Waals surface area contributed by atoms with Gasteiger partial charge in [-0.25, -0.2) is 12.7 Å². The maximum Gasteiger partial charge on any atom is 0.250 e. The van der Waals surface area contributed by atoms with Crippen molar-refractivity contribution in [1.29, 1.82) is 0 Å². The summed E-state index contributed by atoms with van der Waals surface area (Å²) in [6.45, 7) is 10.1. The minimum atomic E-state index is -3.17. The number of benzene rings is 2. The van der Waals surface area contributed by atoms with E-state index >= 15 is 0 Å². The van der Waals surface area contributed by atoms with Crippen LogP contribution in [0.4, 0.5) is 0 Å². The second-order valence-electron chi connectivity index (χ2n) is 10.2. The van der Waals surface area contributed by atoms with Crippen molar-refractivity contribution in [3.05, 3.63) is 59.3 Å². The number of carbonyl (C=O) groups excluding carboxylic acids is 1. The number of H-pyrrole nitrogens is 1. The predicted molar refractivity (Wildman–Crippen MR) is 146 cm³/mol. The van der Waals surface area contributed by atoms with Gasteiger partial charge in [-0.1, -0.05) is 38.1 Å². The van der Waals surface area contributed by atoms with E-state index in [9.17, 15) is 13.2 Å². The van der Waals surface area contributed by atoms with Gasteiger partial charge >= 0.3 is 0 Å². The van der Waals surface area contributed by atoms with Gasteiger partial charge in [0.05, 0.1) is 16.8 Å². The number of amides is 1. The van der Waals surface area contributed by atoms with E-state index < -0.39 is 15.9 Å². The molecular formula is C28H38N4O3S. The van der Waals surface area contributed by atoms with E-state index in [1.807, 2.05) is 12.3 Å². The molecule has 1 aliphatic rings. The molecule has 0 aliphatic carbocycles. The minimum Gasteiger partial charge on any atom is -0.366 e. The zero-order valence-corrected chi connectivity index (χ0v) is 22.5. The normalized spacial score (nSPS) is 16.6. The topological polar surface area (TPSA) is 108 Å². The largest absolute Gasteiger partial charge is 0.366 e. The Morgan fingerprint density at radius 1 is 1.11 bits per heavy atom. The summed E-state index contributed by atoms with van der Waals surface area (Å²) in [5.41, 5.74) is 11.3. The Hall–Kier alpha value is -2.68. The molecule has 1 amide bonds. The van der Waals surface area contributed by atoms with Crippen molar-refractivity contribution in [3.8, 4) is 11.1 Å². The molecule has 4 rings (SSSR count). The average molecular weight is 511 g/mol. The lowest BCUT2D eigenvalue weighted by Gasteiger charge is -2.31. The molecule has 1 fully saturated rings. The van der Waals surface area contributed by atoms with Gasteiger partial charge < -0.3 is 16.0 Å². The fourth-order valence-electron chi connectivity index (χ4n) is 4.91. The summed E-state index contributed by atoms with van der Waals surface area (Å²) in [5.74, 6) is 0.445. The molecule has 0 bridgehead atoms. The number of hydrogen-bond acceptors (Lipinski definition) is 4. The van der Waals surface area contributed by atoms with E-state index in [1.54, 1.807) is 11.2 Å². The second kappa shape index (κ2) is 10.7. The molecule has 7 nitrogen and oxygen atoms in total. The Labute approximate surface area is 214 Å². The SMILES string of the molecule is CCS(=O)(=O)N1CCC(c2c[nH]c3c(C(N)=O)cc(-c4ccc(CNC(C)C(C)C)cc4)cc23)CC1. The van der Waals surface area contributed by atoms with Crippen molar-refractivity contribution < 1.29 is 13.2 Å². The van der Waals surface area contributed by atoms with Crippen molar-refractivity contribution in [1.82, 2.24) is 14.6 Å². The highest BCUT2D eigenvalue weighted by Gasteiger charge is 2.29. The van der Waals surface area contributed by atoms with Crippen molar-refractivity contribution in [2.45, 2.75) is 59.0 Å². The lowest BCUT2D eigenvalue weighted by Crippen LogP contribution is -2.38. The van der Waals surface area contributed by atoms with Crippen LogP contribution in [0.5, 0.6) is 0 Å². The number of carbonyl (C=O) groups is 1. The number of nitrogens with two attached hydrogens (primary N) is 1. The zero-order valence-electron chi connectivity index (χ0n) is 21.7. The molecule has 1 unspecified atom stereocenters. The van der Waals surface area contributed by atoms with Crippen molar-refractivity contribution >= 4 is 26.8 Å². The fraction of sp³-hybridized carbons (Fsp3) is 0.464. The van der Waals surface area contributed by atoms with Crippen LogP contribution in [0.3, 0.4) is 0 Å². The number of aromatic amines is 1. The minimum absolute atomic E-state index is 0.127. The van der Waals surface area contributed by atoms with Gasteiger partial charge in [0, 0.05) is 37.3 Å². The Balaban J connectivity index is 1.62. The third-order valence-electron chi connectivity index (χ3n) is 7.65. The molecule has 4 N–H and O–H groups in total. The summed E-state index contributed by atoms with van der Waals surface area (Å²) in [6.07, 6.45) is 3.46. The molecule has 2 aromatic carbocycles. The molecule has 194 valence electrons. The van der Waals surface area contributed by atoms with Crippen LogP contribution in [0.15, 0.2) is 42.6 Å². The Morgan fingerprint density at radius 3 is 2.36 bits per heavy atom. The van der Waals surface area contributed by atoms with Crippen LogP contribution in [-0.4, -0.2) is 48.5 Å². The van der Waals surface area contributed by atoms with Crippen LogP contribution in [0.25, 0.3) is 22.0 Å². The van der Waals surface area contributed by atoms with Crippen LogP contribution in [-0.2, 0) is 16.6 Å². The van der Waals surface area contributed by atoms with Crippen molar-refractivity contribution in [3.63, 3.8) is 0 Å². The van der Waals surface area contributed by atoms with Gasteiger partial charge in [-0.15, -0.1) is 0 Å². The zero-order chi connectivity index (χ0) is 26.0. The Bertz CT molecular complexity index is 1320. The van der Waals surface area contributed by atoms with E-state index in [0.717, 1.165) is 47.0 Å². The van der Waals surface area contributed by atoms with Gasteiger partial charge in [-0.3, -0.25) is 4.79 Å². The monoisotopic (exact) mass is 510 g/mol. The third kappa shape index (κ3) is 5.51. The number of fused-ring (bicyclic) bond motifs is 1. The molecule has 8 heteroatoms. The van der Waals surface area contributed by atoms with Gasteiger partial charge in [0.1, 0.15) is 0 Å². The molecule has 1 atom stereocenters. The number of nitrogens with one attached hydrogen (secondary N) is 2. The summed E-state index contributed by atoms with van der Waals surface area (Å²) < 4.78 is 26.1. The molecule has 2 heterocycles. The molecule has 36 heavy (non-hydrogen) atoms. The first-order valence-electron chi connectivity index (χ1n) is 12.9. The predicted octanol–water partition coefficient (Wildman–Crippen LogP) is 4.60. The summed E-state index contributed by atoms with van der Waals surface area (Å²) in [4.78, 5) is 15.6. The third-order valence-corrected chi connectivity index (χ3v) is 9.54. The number of aromatic nitrogens is 1. The van der Waals surface area contributed by atoms with E-state index in [4.69, 9.17) is 5.73 Å². The lowest BCUT2D eigenvalue weighted by molar-refractivity contribution is 0.100. The first-order valence-corrected chi connectivity index (χ1v) is 14.5. The van der Waals surface area contributed by atoms with E-state index in [2.05, 4.69) is 61.4 Å². The summed E-state index contributed by atoms with van der Waals surface area (Å²) in [5, 5.41) is 4.54. The van der Waals surface area contributed by atoms with E-state index in [1.165, 1.54) is 5.56 Å². The number of primary amides is 1. The van der Waals surface area contributed by atoms with Gasteiger partial charge in [0.15, 0.2) is 0 Å². The fourth-order valence-corrected chi connectivity index (χ4v) is 6.04. The lowest BCUT2D eigenvalue weighted by atomic mass is 9.88. The molecule has 3 aromatic rings. The molecule has 1 saturated heterocycles. The Kier molecular flexibility index (Phi) is 7.87. The highest BCUT2D eigenvalue weighted by molar-refractivity contribution is 7.89. The summed E-state index contributed by atoms with van der Waals surface area (Å²) in [7, 11) is -3.17. The molecular weight excluding hydrogens is 472 g/mol. The first kappa shape index (κ1) is 26.4. The standard InChI is InChI=1S/C28H38N4O3S/c1-5-36(34,35)32-12-10-22(11-13-32)26-17-31-27-24(26)14-23(15-25(27)28(29)33)21-8-6-20(7-9-21)16-30-19(4)18(2)3/h6-9,14-15,17-19,22,30-31H,5,10-13,16H2,1-4H3,(H2,29,33). The van der Waals surface area contributed by atoms with Crippen molar-refractivity contribution in [2.24, 2.45) is 11.7 Å². The van der Waals surface area contributed by atoms with Crippen LogP contribution < -0.4 is 11.1 Å². The van der Waals surface area contributed by atoms with Crippen molar-refractivity contribution in [2.75, 3.05) is 18.8 Å². The van der Waals surface area contributed by atoms with Gasteiger partial charge in [0.2, 0.25) is 10.0 Å². The second-order valence-corrected chi connectivity index (χ2v) is 12.5. The Morgan fingerprint density at radius 2 is 1.78 bits per heavy atom. The highest BCUT2D eigenvalue weighted by Crippen LogP contribution is 2.37. The quantitative estimate of drug-likeness (QED) is 0.391. The number of hydrogen-bond donors (Lipinski definition) is 3. The molecule has 0 saturated carbocycles. The number of nitrogens with zero attached hydrogens (tertiary/aromatic N) is 1.